The number of hydrogen-bond donors (Lipinski definition) is 0. The van der Waals surface area contributed by atoms with E-state index in [1.54, 1.807) is 11.3 Å². The predicted molar refractivity (Wildman–Crippen MR) is 105 cm³/mol. The first kappa shape index (κ1) is 15.5. The molecule has 0 amide bonds. The van der Waals surface area contributed by atoms with Crippen molar-refractivity contribution in [2.45, 2.75) is 18.4 Å². The van der Waals surface area contributed by atoms with Gasteiger partial charge in [-0.3, -0.25) is 0 Å². The number of nitrogens with zero attached hydrogens (tertiary/aromatic N) is 2. The van der Waals surface area contributed by atoms with E-state index in [0.29, 0.717) is 0 Å². The van der Waals surface area contributed by atoms with Gasteiger partial charge in [0.05, 0.1) is 10.6 Å². The second kappa shape index (κ2) is 6.83. The van der Waals surface area contributed by atoms with Gasteiger partial charge in [-0.1, -0.05) is 36.4 Å². The number of imidazole rings is 1. The summed E-state index contributed by atoms with van der Waals surface area (Å²) < 4.78 is 2.24. The maximum absolute atomic E-state index is 4.90. The van der Waals surface area contributed by atoms with Gasteiger partial charge in [0.2, 0.25) is 0 Å². The van der Waals surface area contributed by atoms with Gasteiger partial charge < -0.3 is 4.40 Å². The number of aromatic nitrogens is 2. The van der Waals surface area contributed by atoms with Crippen molar-refractivity contribution in [3.63, 3.8) is 0 Å². The summed E-state index contributed by atoms with van der Waals surface area (Å²) in [6, 6.07) is 19.2. The lowest BCUT2D eigenvalue weighted by atomic mass is 10.2. The van der Waals surface area contributed by atoms with Crippen molar-refractivity contribution >= 4 is 28.7 Å². The van der Waals surface area contributed by atoms with E-state index in [9.17, 15) is 0 Å². The molecule has 0 spiro atoms. The molecular weight excluding hydrogens is 332 g/mol. The summed E-state index contributed by atoms with van der Waals surface area (Å²) in [4.78, 5) is 6.14. The van der Waals surface area contributed by atoms with Gasteiger partial charge in [0.1, 0.15) is 11.3 Å². The van der Waals surface area contributed by atoms with Gasteiger partial charge in [0, 0.05) is 17.7 Å². The topological polar surface area (TPSA) is 17.3 Å². The largest absolute Gasteiger partial charge is 0.303 e. The van der Waals surface area contributed by atoms with E-state index in [1.807, 2.05) is 11.8 Å². The van der Waals surface area contributed by atoms with Crippen LogP contribution in [0.25, 0.3) is 16.2 Å². The molecule has 0 saturated heterocycles. The molecule has 0 N–H and O–H groups in total. The molecule has 4 rings (SSSR count). The van der Waals surface area contributed by atoms with E-state index >= 15 is 0 Å². The van der Waals surface area contributed by atoms with Gasteiger partial charge in [-0.25, -0.2) is 4.98 Å². The summed E-state index contributed by atoms with van der Waals surface area (Å²) in [5.41, 5.74) is 6.05. The van der Waals surface area contributed by atoms with Crippen molar-refractivity contribution in [1.82, 2.24) is 9.38 Å². The minimum absolute atomic E-state index is 0.951. The number of fused-ring (bicyclic) bond motifs is 1. The smallest absolute Gasteiger partial charge is 0.137 e. The number of hydrogen-bond acceptors (Lipinski definition) is 3. The number of rotatable bonds is 5. The number of pyridine rings is 1. The van der Waals surface area contributed by atoms with Gasteiger partial charge in [-0.05, 0) is 41.6 Å². The number of benzene rings is 1. The Hall–Kier alpha value is -2.04. The molecule has 4 aromatic rings. The summed E-state index contributed by atoms with van der Waals surface area (Å²) >= 11 is 3.69. The minimum Gasteiger partial charge on any atom is -0.303 e. The Bertz CT molecular complexity index is 941. The highest BCUT2D eigenvalue weighted by Crippen LogP contribution is 2.31. The van der Waals surface area contributed by atoms with Crippen molar-refractivity contribution in [3.8, 4) is 10.6 Å². The van der Waals surface area contributed by atoms with Gasteiger partial charge >= 0.3 is 0 Å². The van der Waals surface area contributed by atoms with Crippen molar-refractivity contribution in [1.29, 1.82) is 0 Å². The normalized spacial score (nSPS) is 11.2. The zero-order valence-corrected chi connectivity index (χ0v) is 15.1. The van der Waals surface area contributed by atoms with E-state index in [1.165, 1.54) is 21.7 Å². The lowest BCUT2D eigenvalue weighted by Gasteiger charge is -2.05. The maximum Gasteiger partial charge on any atom is 0.137 e. The second-order valence-corrected chi connectivity index (χ2v) is 7.73. The molecular formula is C20H18N2S2. The highest BCUT2D eigenvalue weighted by molar-refractivity contribution is 7.97. The molecule has 0 aliphatic carbocycles. The summed E-state index contributed by atoms with van der Waals surface area (Å²) in [6.45, 7) is 2.11. The zero-order chi connectivity index (χ0) is 16.4. The second-order valence-electron chi connectivity index (χ2n) is 5.80. The van der Waals surface area contributed by atoms with E-state index in [0.717, 1.165) is 22.8 Å². The molecule has 0 fully saturated rings. The number of thiophene rings is 1. The monoisotopic (exact) mass is 350 g/mol. The first-order valence-corrected chi connectivity index (χ1v) is 9.98. The van der Waals surface area contributed by atoms with Crippen molar-refractivity contribution in [3.05, 3.63) is 83.0 Å². The summed E-state index contributed by atoms with van der Waals surface area (Å²) in [5.74, 6) is 1.97. The third-order valence-corrected chi connectivity index (χ3v) is 5.88. The molecule has 0 radical (unpaired) electrons. The summed E-state index contributed by atoms with van der Waals surface area (Å²) in [7, 11) is 0. The van der Waals surface area contributed by atoms with Crippen molar-refractivity contribution in [2.24, 2.45) is 0 Å². The van der Waals surface area contributed by atoms with E-state index in [2.05, 4.69) is 77.5 Å². The highest BCUT2D eigenvalue weighted by atomic mass is 32.2. The lowest BCUT2D eigenvalue weighted by molar-refractivity contribution is 1.09. The van der Waals surface area contributed by atoms with Crippen LogP contribution in [0.1, 0.15) is 16.8 Å². The Labute approximate surface area is 150 Å². The van der Waals surface area contributed by atoms with Crippen LogP contribution in [0.2, 0.25) is 0 Å². The molecule has 1 aromatic carbocycles. The lowest BCUT2D eigenvalue weighted by Crippen LogP contribution is -1.93. The van der Waals surface area contributed by atoms with Crippen LogP contribution in [0.4, 0.5) is 0 Å². The zero-order valence-electron chi connectivity index (χ0n) is 13.5. The van der Waals surface area contributed by atoms with E-state index < -0.39 is 0 Å². The van der Waals surface area contributed by atoms with Crippen LogP contribution in [-0.2, 0) is 11.5 Å². The molecule has 0 atom stereocenters. The third kappa shape index (κ3) is 3.12. The molecule has 0 aliphatic heterocycles. The molecule has 24 heavy (non-hydrogen) atoms. The highest BCUT2D eigenvalue weighted by Gasteiger charge is 2.14. The fourth-order valence-electron chi connectivity index (χ4n) is 2.79. The minimum atomic E-state index is 0.951. The average molecular weight is 351 g/mol. The first-order valence-electron chi connectivity index (χ1n) is 7.94. The van der Waals surface area contributed by atoms with Crippen LogP contribution < -0.4 is 0 Å². The van der Waals surface area contributed by atoms with Crippen LogP contribution in [0, 0.1) is 6.92 Å². The van der Waals surface area contributed by atoms with E-state index in [-0.39, 0.29) is 0 Å². The van der Waals surface area contributed by atoms with Gasteiger partial charge in [-0.2, -0.15) is 11.8 Å². The third-order valence-electron chi connectivity index (χ3n) is 3.99. The quantitative estimate of drug-likeness (QED) is 0.452. The number of thioether (sulfide) groups is 1. The Morgan fingerprint density at radius 2 is 1.92 bits per heavy atom. The molecule has 0 aliphatic rings. The number of aryl methyl sites for hydroxylation is 1. The fraction of sp³-hybridized carbons (Fsp3) is 0.150. The van der Waals surface area contributed by atoms with E-state index in [4.69, 9.17) is 4.98 Å². The first-order chi connectivity index (χ1) is 11.8. The van der Waals surface area contributed by atoms with Crippen LogP contribution >= 0.6 is 23.1 Å². The van der Waals surface area contributed by atoms with Crippen LogP contribution in [0.5, 0.6) is 0 Å². The Kier molecular flexibility index (Phi) is 4.41. The summed E-state index contributed by atoms with van der Waals surface area (Å²) in [6.07, 6.45) is 2.15. The molecule has 0 unspecified atom stereocenters. The average Bonchev–Trinajstić information content (AvgIpc) is 3.23. The fourth-order valence-corrected chi connectivity index (χ4v) is 4.52. The Morgan fingerprint density at radius 1 is 1.04 bits per heavy atom. The van der Waals surface area contributed by atoms with Crippen molar-refractivity contribution < 1.29 is 0 Å². The molecule has 2 nitrogen and oxygen atoms in total. The molecule has 4 heteroatoms. The predicted octanol–water partition coefficient (Wildman–Crippen LogP) is 5.80. The molecule has 0 saturated carbocycles. The summed E-state index contributed by atoms with van der Waals surface area (Å²) in [5, 5.41) is 2.12. The maximum atomic E-state index is 4.90. The van der Waals surface area contributed by atoms with Crippen LogP contribution in [0.15, 0.2) is 66.2 Å². The van der Waals surface area contributed by atoms with Crippen molar-refractivity contribution in [2.75, 3.05) is 0 Å². The SMILES string of the molecule is Cc1ccn2c(CSCc3ccccc3)c(-c3cccs3)nc2c1. The standard InChI is InChI=1S/C20H18N2S2/c1-15-9-10-22-17(14-23-13-16-6-3-2-4-7-16)20(21-19(22)12-15)18-8-5-11-24-18/h2-12H,13-14H2,1H3. The molecule has 3 heterocycles. The Morgan fingerprint density at radius 3 is 2.71 bits per heavy atom. The Balaban J connectivity index is 1.66. The van der Waals surface area contributed by atoms with Gasteiger partial charge in [-0.15, -0.1) is 11.3 Å². The van der Waals surface area contributed by atoms with Crippen LogP contribution in [-0.4, -0.2) is 9.38 Å². The molecule has 3 aromatic heterocycles. The van der Waals surface area contributed by atoms with Gasteiger partial charge in [0.25, 0.3) is 0 Å². The van der Waals surface area contributed by atoms with Crippen LogP contribution in [0.3, 0.4) is 0 Å². The van der Waals surface area contributed by atoms with Gasteiger partial charge in [0.15, 0.2) is 0 Å². The molecule has 0 bridgehead atoms. The molecule has 120 valence electrons.